The first-order chi connectivity index (χ1) is 10.2. The fourth-order valence-corrected chi connectivity index (χ4v) is 3.58. The maximum Gasteiger partial charge on any atom is 0.274 e. The summed E-state index contributed by atoms with van der Waals surface area (Å²) in [5.41, 5.74) is 1.94. The zero-order valence-electron chi connectivity index (χ0n) is 12.5. The van der Waals surface area contributed by atoms with Crippen LogP contribution in [0.4, 0.5) is 11.4 Å². The van der Waals surface area contributed by atoms with Crippen LogP contribution in [0.15, 0.2) is 41.3 Å². The third-order valence-corrected chi connectivity index (χ3v) is 4.89. The van der Waals surface area contributed by atoms with Crippen LogP contribution in [0.1, 0.15) is 16.7 Å². The van der Waals surface area contributed by atoms with Gasteiger partial charge in [0.15, 0.2) is 0 Å². The molecule has 0 aliphatic carbocycles. The molecule has 0 aliphatic heterocycles. The maximum atomic E-state index is 12.5. The SMILES string of the molecule is Cc1ccc(S(=O)(=O)Nc2cccc([N+](=O)[O-])c2C)c(C)c1. The predicted octanol–water partition coefficient (Wildman–Crippen LogP) is 3.32. The Labute approximate surface area is 129 Å². The van der Waals surface area contributed by atoms with Crippen LogP contribution in [0.2, 0.25) is 0 Å². The molecule has 0 aliphatic rings. The minimum absolute atomic E-state index is 0.124. The Balaban J connectivity index is 2.46. The second kappa shape index (κ2) is 5.76. The van der Waals surface area contributed by atoms with Crippen molar-refractivity contribution in [3.05, 3.63) is 63.2 Å². The van der Waals surface area contributed by atoms with Crippen molar-refractivity contribution in [2.75, 3.05) is 4.72 Å². The van der Waals surface area contributed by atoms with Gasteiger partial charge in [-0.25, -0.2) is 8.42 Å². The van der Waals surface area contributed by atoms with Crippen molar-refractivity contribution in [2.45, 2.75) is 25.7 Å². The molecule has 0 fully saturated rings. The van der Waals surface area contributed by atoms with Gasteiger partial charge < -0.3 is 0 Å². The number of rotatable bonds is 4. The Kier molecular flexibility index (Phi) is 4.18. The van der Waals surface area contributed by atoms with Gasteiger partial charge in [0.2, 0.25) is 0 Å². The minimum atomic E-state index is -3.80. The third kappa shape index (κ3) is 3.09. The Morgan fingerprint density at radius 2 is 1.77 bits per heavy atom. The van der Waals surface area contributed by atoms with E-state index in [1.807, 2.05) is 6.92 Å². The molecular formula is C15H16N2O4S. The summed E-state index contributed by atoms with van der Waals surface area (Å²) in [6.45, 7) is 5.10. The van der Waals surface area contributed by atoms with E-state index in [-0.39, 0.29) is 21.8 Å². The molecule has 0 aromatic heterocycles. The van der Waals surface area contributed by atoms with Gasteiger partial charge >= 0.3 is 0 Å². The van der Waals surface area contributed by atoms with E-state index in [0.717, 1.165) is 5.56 Å². The molecule has 6 nitrogen and oxygen atoms in total. The number of hydrogen-bond acceptors (Lipinski definition) is 4. The summed E-state index contributed by atoms with van der Waals surface area (Å²) >= 11 is 0. The molecule has 2 aromatic carbocycles. The molecule has 22 heavy (non-hydrogen) atoms. The van der Waals surface area contributed by atoms with Crippen LogP contribution in [-0.2, 0) is 10.0 Å². The average molecular weight is 320 g/mol. The van der Waals surface area contributed by atoms with Crippen LogP contribution < -0.4 is 4.72 Å². The summed E-state index contributed by atoms with van der Waals surface area (Å²) in [6, 6.07) is 9.30. The topological polar surface area (TPSA) is 89.3 Å². The van der Waals surface area contributed by atoms with E-state index >= 15 is 0 Å². The standard InChI is InChI=1S/C15H16N2O4S/c1-10-7-8-15(11(2)9-10)22(20,21)16-13-5-4-6-14(12(13)3)17(18)19/h4-9,16H,1-3H3. The van der Waals surface area contributed by atoms with Gasteiger partial charge in [-0.1, -0.05) is 23.8 Å². The van der Waals surface area contributed by atoms with E-state index in [0.29, 0.717) is 5.56 Å². The first kappa shape index (κ1) is 16.0. The molecule has 7 heteroatoms. The summed E-state index contributed by atoms with van der Waals surface area (Å²) in [7, 11) is -3.80. The van der Waals surface area contributed by atoms with Gasteiger partial charge in [0.25, 0.3) is 15.7 Å². The summed E-state index contributed by atoms with van der Waals surface area (Å²) in [5.74, 6) is 0. The molecule has 0 bridgehead atoms. The van der Waals surface area contributed by atoms with E-state index in [2.05, 4.69) is 4.72 Å². The lowest BCUT2D eigenvalue weighted by Crippen LogP contribution is -2.15. The van der Waals surface area contributed by atoms with Crippen molar-refractivity contribution < 1.29 is 13.3 Å². The lowest BCUT2D eigenvalue weighted by Gasteiger charge is -2.12. The molecule has 0 radical (unpaired) electrons. The first-order valence-corrected chi connectivity index (χ1v) is 8.05. The number of aryl methyl sites for hydroxylation is 2. The van der Waals surface area contributed by atoms with Crippen LogP contribution in [0, 0.1) is 30.9 Å². The molecule has 0 saturated heterocycles. The molecular weight excluding hydrogens is 304 g/mol. The molecule has 0 saturated carbocycles. The second-order valence-corrected chi connectivity index (χ2v) is 6.73. The summed E-state index contributed by atoms with van der Waals surface area (Å²) in [5, 5.41) is 10.9. The highest BCUT2D eigenvalue weighted by molar-refractivity contribution is 7.92. The largest absolute Gasteiger partial charge is 0.279 e. The van der Waals surface area contributed by atoms with Crippen LogP contribution >= 0.6 is 0 Å². The lowest BCUT2D eigenvalue weighted by molar-refractivity contribution is -0.385. The van der Waals surface area contributed by atoms with Crippen molar-refractivity contribution in [1.82, 2.24) is 0 Å². The summed E-state index contributed by atoms with van der Waals surface area (Å²) in [6.07, 6.45) is 0. The minimum Gasteiger partial charge on any atom is -0.279 e. The highest BCUT2D eigenvalue weighted by Gasteiger charge is 2.20. The van der Waals surface area contributed by atoms with E-state index in [4.69, 9.17) is 0 Å². The van der Waals surface area contributed by atoms with E-state index in [1.54, 1.807) is 19.1 Å². The molecule has 2 aromatic rings. The van der Waals surface area contributed by atoms with Crippen LogP contribution in [0.25, 0.3) is 0 Å². The van der Waals surface area contributed by atoms with Gasteiger partial charge in [-0.3, -0.25) is 14.8 Å². The Bertz CT molecular complexity index is 845. The number of nitrogens with zero attached hydrogens (tertiary/aromatic N) is 1. The van der Waals surface area contributed by atoms with Crippen LogP contribution in [0.5, 0.6) is 0 Å². The first-order valence-electron chi connectivity index (χ1n) is 6.56. The molecule has 0 atom stereocenters. The van der Waals surface area contributed by atoms with Gasteiger partial charge in [-0.2, -0.15) is 0 Å². The third-order valence-electron chi connectivity index (χ3n) is 3.37. The number of nitro groups is 1. The maximum absolute atomic E-state index is 12.5. The Morgan fingerprint density at radius 1 is 1.09 bits per heavy atom. The highest BCUT2D eigenvalue weighted by Crippen LogP contribution is 2.28. The lowest BCUT2D eigenvalue weighted by atomic mass is 10.2. The van der Waals surface area contributed by atoms with Gasteiger partial charge in [0.1, 0.15) is 0 Å². The molecule has 0 unspecified atom stereocenters. The normalized spacial score (nSPS) is 11.2. The smallest absolute Gasteiger partial charge is 0.274 e. The average Bonchev–Trinajstić information content (AvgIpc) is 2.40. The fourth-order valence-electron chi connectivity index (χ4n) is 2.23. The van der Waals surface area contributed by atoms with Crippen molar-refractivity contribution in [3.63, 3.8) is 0 Å². The predicted molar refractivity (Wildman–Crippen MR) is 84.6 cm³/mol. The number of benzene rings is 2. The van der Waals surface area contributed by atoms with Crippen molar-refractivity contribution in [1.29, 1.82) is 0 Å². The fraction of sp³-hybridized carbons (Fsp3) is 0.200. The molecule has 0 heterocycles. The van der Waals surface area contributed by atoms with E-state index in [9.17, 15) is 18.5 Å². The molecule has 116 valence electrons. The Morgan fingerprint density at radius 3 is 2.36 bits per heavy atom. The number of hydrogen-bond donors (Lipinski definition) is 1. The van der Waals surface area contributed by atoms with Gasteiger partial charge in [0, 0.05) is 6.07 Å². The van der Waals surface area contributed by atoms with Gasteiger partial charge in [-0.15, -0.1) is 0 Å². The summed E-state index contributed by atoms with van der Waals surface area (Å²) < 4.78 is 27.4. The zero-order valence-corrected chi connectivity index (χ0v) is 13.3. The molecule has 2 rings (SSSR count). The number of nitro benzene ring substituents is 1. The highest BCUT2D eigenvalue weighted by atomic mass is 32.2. The number of anilines is 1. The van der Waals surface area contributed by atoms with Crippen molar-refractivity contribution >= 4 is 21.4 Å². The molecule has 0 amide bonds. The van der Waals surface area contributed by atoms with E-state index < -0.39 is 14.9 Å². The monoisotopic (exact) mass is 320 g/mol. The number of nitrogens with one attached hydrogen (secondary N) is 1. The van der Waals surface area contributed by atoms with Crippen molar-refractivity contribution in [3.8, 4) is 0 Å². The molecule has 0 spiro atoms. The molecule has 1 N–H and O–H groups in total. The quantitative estimate of drug-likeness (QED) is 0.691. The second-order valence-electron chi connectivity index (χ2n) is 5.08. The van der Waals surface area contributed by atoms with Crippen LogP contribution in [-0.4, -0.2) is 13.3 Å². The number of sulfonamides is 1. The van der Waals surface area contributed by atoms with E-state index in [1.165, 1.54) is 31.2 Å². The Hall–Kier alpha value is -2.41. The van der Waals surface area contributed by atoms with Gasteiger partial charge in [0.05, 0.1) is 21.1 Å². The van der Waals surface area contributed by atoms with Crippen LogP contribution in [0.3, 0.4) is 0 Å². The van der Waals surface area contributed by atoms with Gasteiger partial charge in [-0.05, 0) is 38.5 Å². The zero-order chi connectivity index (χ0) is 16.5. The van der Waals surface area contributed by atoms with Crippen molar-refractivity contribution in [2.24, 2.45) is 0 Å². The summed E-state index contributed by atoms with van der Waals surface area (Å²) in [4.78, 5) is 10.5.